The Balaban J connectivity index is 1.59. The zero-order valence-electron chi connectivity index (χ0n) is 9.93. The van der Waals surface area contributed by atoms with Crippen LogP contribution in [0.4, 0.5) is 4.79 Å². The first-order chi connectivity index (χ1) is 8.24. The minimum atomic E-state index is 0.134. The molecule has 0 spiro atoms. The van der Waals surface area contributed by atoms with Gasteiger partial charge >= 0.3 is 6.03 Å². The summed E-state index contributed by atoms with van der Waals surface area (Å²) in [5, 5.41) is 0. The molecule has 2 amide bonds. The van der Waals surface area contributed by atoms with Crippen molar-refractivity contribution in [3.63, 3.8) is 0 Å². The molecular formula is C12H18N2O3. The highest BCUT2D eigenvalue weighted by atomic mass is 16.5. The van der Waals surface area contributed by atoms with Gasteiger partial charge in [0.25, 0.3) is 0 Å². The normalized spacial score (nSPS) is 33.1. The van der Waals surface area contributed by atoms with Crippen LogP contribution in [-0.2, 0) is 9.53 Å². The summed E-state index contributed by atoms with van der Waals surface area (Å²) in [7, 11) is 0. The molecule has 2 heterocycles. The summed E-state index contributed by atoms with van der Waals surface area (Å²) in [5.41, 5.74) is 0. The Kier molecular flexibility index (Phi) is 2.78. The highest BCUT2D eigenvalue weighted by Crippen LogP contribution is 2.36. The van der Waals surface area contributed by atoms with Crippen molar-refractivity contribution >= 4 is 11.8 Å². The number of ether oxygens (including phenoxy) is 1. The number of carbonyl (C=O) groups excluding carboxylic acids is 2. The van der Waals surface area contributed by atoms with Crippen molar-refractivity contribution in [2.45, 2.75) is 12.8 Å². The Morgan fingerprint density at radius 3 is 2.24 bits per heavy atom. The van der Waals surface area contributed by atoms with E-state index in [1.54, 1.807) is 0 Å². The van der Waals surface area contributed by atoms with E-state index in [4.69, 9.17) is 4.74 Å². The van der Waals surface area contributed by atoms with Crippen LogP contribution in [0.25, 0.3) is 0 Å². The van der Waals surface area contributed by atoms with Crippen LogP contribution >= 0.6 is 0 Å². The number of fused-ring (bicyclic) bond motifs is 1. The molecule has 1 aliphatic carbocycles. The lowest BCUT2D eigenvalue weighted by molar-refractivity contribution is -0.117. The van der Waals surface area contributed by atoms with Crippen molar-refractivity contribution in [3.8, 4) is 0 Å². The van der Waals surface area contributed by atoms with E-state index in [0.717, 1.165) is 13.1 Å². The van der Waals surface area contributed by atoms with Gasteiger partial charge in [0, 0.05) is 39.0 Å². The first-order valence-electron chi connectivity index (χ1n) is 6.37. The second-order valence-corrected chi connectivity index (χ2v) is 5.25. The zero-order valence-corrected chi connectivity index (χ0v) is 9.93. The number of morpholine rings is 1. The molecule has 1 saturated carbocycles. The summed E-state index contributed by atoms with van der Waals surface area (Å²) in [6.45, 7) is 4.22. The van der Waals surface area contributed by atoms with Crippen LogP contribution in [0.1, 0.15) is 12.8 Å². The van der Waals surface area contributed by atoms with Crippen molar-refractivity contribution in [1.29, 1.82) is 0 Å². The predicted octanol–water partition coefficient (Wildman–Crippen LogP) is 0.349. The van der Waals surface area contributed by atoms with Gasteiger partial charge in [0.1, 0.15) is 5.78 Å². The van der Waals surface area contributed by atoms with Gasteiger partial charge in [-0.05, 0) is 11.8 Å². The second-order valence-electron chi connectivity index (χ2n) is 5.25. The van der Waals surface area contributed by atoms with Crippen molar-refractivity contribution in [2.24, 2.45) is 11.8 Å². The van der Waals surface area contributed by atoms with Gasteiger partial charge in [-0.3, -0.25) is 4.79 Å². The number of nitrogens with zero attached hydrogens (tertiary/aromatic N) is 2. The summed E-state index contributed by atoms with van der Waals surface area (Å²) >= 11 is 0. The molecule has 94 valence electrons. The first-order valence-corrected chi connectivity index (χ1v) is 6.37. The van der Waals surface area contributed by atoms with Crippen molar-refractivity contribution in [1.82, 2.24) is 9.80 Å². The number of hydrogen-bond acceptors (Lipinski definition) is 3. The lowest BCUT2D eigenvalue weighted by Gasteiger charge is -2.31. The van der Waals surface area contributed by atoms with Crippen LogP contribution in [0.15, 0.2) is 0 Å². The largest absolute Gasteiger partial charge is 0.378 e. The maximum absolute atomic E-state index is 12.2. The van der Waals surface area contributed by atoms with Gasteiger partial charge in [-0.15, -0.1) is 0 Å². The lowest BCUT2D eigenvalue weighted by atomic mass is 10.0. The van der Waals surface area contributed by atoms with E-state index in [1.807, 2.05) is 9.80 Å². The van der Waals surface area contributed by atoms with Crippen LogP contribution in [0, 0.1) is 11.8 Å². The van der Waals surface area contributed by atoms with Crippen LogP contribution < -0.4 is 0 Å². The molecule has 2 aliphatic heterocycles. The van der Waals surface area contributed by atoms with E-state index in [-0.39, 0.29) is 6.03 Å². The maximum atomic E-state index is 12.2. The summed E-state index contributed by atoms with van der Waals surface area (Å²) in [6.07, 6.45) is 1.36. The highest BCUT2D eigenvalue weighted by Gasteiger charge is 2.42. The van der Waals surface area contributed by atoms with E-state index >= 15 is 0 Å². The van der Waals surface area contributed by atoms with Crippen LogP contribution in [0.5, 0.6) is 0 Å². The smallest absolute Gasteiger partial charge is 0.320 e. The molecule has 0 aromatic rings. The second kappa shape index (κ2) is 4.29. The molecule has 0 radical (unpaired) electrons. The third kappa shape index (κ3) is 2.04. The average Bonchev–Trinajstić information content (AvgIpc) is 2.86. The third-order valence-electron chi connectivity index (χ3n) is 4.11. The van der Waals surface area contributed by atoms with E-state index in [0.29, 0.717) is 56.8 Å². The van der Waals surface area contributed by atoms with Crippen LogP contribution in [-0.4, -0.2) is 61.0 Å². The molecule has 0 unspecified atom stereocenters. The quantitative estimate of drug-likeness (QED) is 0.612. The fourth-order valence-corrected chi connectivity index (χ4v) is 3.18. The maximum Gasteiger partial charge on any atom is 0.320 e. The molecule has 0 N–H and O–H groups in total. The van der Waals surface area contributed by atoms with E-state index in [9.17, 15) is 9.59 Å². The Hall–Kier alpha value is -1.10. The van der Waals surface area contributed by atoms with Crippen LogP contribution in [0.3, 0.4) is 0 Å². The van der Waals surface area contributed by atoms with Gasteiger partial charge in [-0.1, -0.05) is 0 Å². The fourth-order valence-electron chi connectivity index (χ4n) is 3.18. The molecular weight excluding hydrogens is 220 g/mol. The molecule has 3 aliphatic rings. The summed E-state index contributed by atoms with van der Waals surface area (Å²) in [5.74, 6) is 1.22. The van der Waals surface area contributed by atoms with Gasteiger partial charge in [0.15, 0.2) is 0 Å². The minimum absolute atomic E-state index is 0.134. The number of rotatable bonds is 0. The minimum Gasteiger partial charge on any atom is -0.378 e. The molecule has 5 heteroatoms. The number of urea groups is 1. The molecule has 0 bridgehead atoms. The monoisotopic (exact) mass is 238 g/mol. The van der Waals surface area contributed by atoms with Gasteiger partial charge in [0.2, 0.25) is 0 Å². The van der Waals surface area contributed by atoms with E-state index in [1.165, 1.54) is 0 Å². The predicted molar refractivity (Wildman–Crippen MR) is 60.6 cm³/mol. The Labute approximate surface area is 101 Å². The number of likely N-dealkylation sites (tertiary alicyclic amines) is 1. The van der Waals surface area contributed by atoms with Gasteiger partial charge in [0.05, 0.1) is 13.2 Å². The van der Waals surface area contributed by atoms with Crippen molar-refractivity contribution in [2.75, 3.05) is 39.4 Å². The zero-order chi connectivity index (χ0) is 11.8. The molecule has 3 fully saturated rings. The van der Waals surface area contributed by atoms with E-state index in [2.05, 4.69) is 0 Å². The lowest BCUT2D eigenvalue weighted by Crippen LogP contribution is -2.47. The number of hydrogen-bond donors (Lipinski definition) is 0. The Morgan fingerprint density at radius 2 is 1.65 bits per heavy atom. The molecule has 0 aromatic heterocycles. The molecule has 2 saturated heterocycles. The summed E-state index contributed by atoms with van der Waals surface area (Å²) in [6, 6.07) is 0.134. The first kappa shape index (κ1) is 11.0. The van der Waals surface area contributed by atoms with Gasteiger partial charge in [-0.25, -0.2) is 4.79 Å². The summed E-state index contributed by atoms with van der Waals surface area (Å²) < 4.78 is 5.24. The molecule has 5 nitrogen and oxygen atoms in total. The number of Topliss-reactive ketones (excluding diaryl/α,β-unsaturated/α-hetero) is 1. The SMILES string of the molecule is O=C1C[C@@H]2CN(C(=O)N3CCOCC3)C[C@@H]2C1. The molecule has 0 aromatic carbocycles. The molecule has 2 atom stereocenters. The standard InChI is InChI=1S/C12H18N2O3/c15-11-5-9-7-14(8-10(9)6-11)12(16)13-1-3-17-4-2-13/h9-10H,1-8H2/t9-,10+. The third-order valence-corrected chi connectivity index (χ3v) is 4.11. The molecule has 3 rings (SSSR count). The summed E-state index contributed by atoms with van der Waals surface area (Å²) in [4.78, 5) is 27.3. The molecule has 17 heavy (non-hydrogen) atoms. The van der Waals surface area contributed by atoms with Crippen molar-refractivity contribution in [3.05, 3.63) is 0 Å². The Morgan fingerprint density at radius 1 is 1.06 bits per heavy atom. The Bertz CT molecular complexity index is 323. The number of ketones is 1. The van der Waals surface area contributed by atoms with Crippen LogP contribution in [0.2, 0.25) is 0 Å². The fraction of sp³-hybridized carbons (Fsp3) is 0.833. The van der Waals surface area contributed by atoms with Crippen molar-refractivity contribution < 1.29 is 14.3 Å². The number of carbonyl (C=O) groups is 2. The average molecular weight is 238 g/mol. The van der Waals surface area contributed by atoms with Gasteiger partial charge < -0.3 is 14.5 Å². The number of amides is 2. The van der Waals surface area contributed by atoms with E-state index < -0.39 is 0 Å². The highest BCUT2D eigenvalue weighted by molar-refractivity contribution is 5.82. The topological polar surface area (TPSA) is 49.9 Å². The van der Waals surface area contributed by atoms with Gasteiger partial charge in [-0.2, -0.15) is 0 Å².